The van der Waals surface area contributed by atoms with Gasteiger partial charge in [0, 0.05) is 0 Å². The Hall–Kier alpha value is -1.57. The van der Waals surface area contributed by atoms with Gasteiger partial charge in [-0.2, -0.15) is 31.5 Å². The van der Waals surface area contributed by atoms with E-state index in [0.717, 1.165) is 5.56 Å². The third kappa shape index (κ3) is 3.73. The molecular formula is C10H11F3N2O2S. The molecule has 4 nitrogen and oxygen atoms in total. The maximum atomic E-state index is 12.1. The molecular weight excluding hydrogens is 269 g/mol. The molecule has 0 fully saturated rings. The number of hydrogen-bond acceptors (Lipinski definition) is 3. The Morgan fingerprint density at radius 1 is 1.22 bits per heavy atom. The van der Waals surface area contributed by atoms with Crippen molar-refractivity contribution in [3.63, 3.8) is 0 Å². The van der Waals surface area contributed by atoms with E-state index in [-0.39, 0.29) is 4.90 Å². The van der Waals surface area contributed by atoms with E-state index < -0.39 is 21.9 Å². The molecule has 0 atom stereocenters. The van der Waals surface area contributed by atoms with E-state index >= 15 is 0 Å². The van der Waals surface area contributed by atoms with Crippen LogP contribution in [-0.2, 0) is 10.0 Å². The Morgan fingerprint density at radius 3 is 2.17 bits per heavy atom. The Labute approximate surface area is 103 Å². The number of rotatable bonds is 3. The van der Waals surface area contributed by atoms with Gasteiger partial charge in [0.05, 0.1) is 4.90 Å². The number of alkyl halides is 3. The van der Waals surface area contributed by atoms with E-state index in [1.54, 1.807) is 11.8 Å². The minimum atomic E-state index is -4.66. The molecule has 0 heterocycles. The molecule has 0 unspecified atom stereocenters. The van der Waals surface area contributed by atoms with Gasteiger partial charge in [0.2, 0.25) is 0 Å². The van der Waals surface area contributed by atoms with Gasteiger partial charge in [0.25, 0.3) is 10.0 Å². The molecule has 8 heteroatoms. The van der Waals surface area contributed by atoms with Crippen molar-refractivity contribution >= 4 is 15.7 Å². The molecule has 0 amide bonds. The van der Waals surface area contributed by atoms with Gasteiger partial charge in [-0.15, -0.1) is 0 Å². The molecule has 0 spiro atoms. The second-order valence-corrected chi connectivity index (χ2v) is 5.26. The van der Waals surface area contributed by atoms with Crippen molar-refractivity contribution in [3.05, 3.63) is 29.8 Å². The lowest BCUT2D eigenvalue weighted by Gasteiger charge is -2.07. The van der Waals surface area contributed by atoms with Crippen LogP contribution in [0.3, 0.4) is 0 Å². The summed E-state index contributed by atoms with van der Waals surface area (Å²) in [5, 5.41) is 2.82. The molecule has 0 aromatic heterocycles. The zero-order chi connectivity index (χ0) is 14.0. The number of hydrogen-bond donors (Lipinski definition) is 1. The monoisotopic (exact) mass is 280 g/mol. The molecule has 1 N–H and O–H groups in total. The third-order valence-corrected chi connectivity index (χ3v) is 3.30. The Kier molecular flexibility index (Phi) is 4.00. The minimum Gasteiger partial charge on any atom is -0.200 e. The summed E-state index contributed by atoms with van der Waals surface area (Å²) in [6.45, 7) is 2.44. The van der Waals surface area contributed by atoms with Crippen molar-refractivity contribution in [2.75, 3.05) is 0 Å². The predicted molar refractivity (Wildman–Crippen MR) is 60.7 cm³/mol. The Bertz CT molecular complexity index is 547. The van der Waals surface area contributed by atoms with E-state index in [2.05, 4.69) is 5.10 Å². The van der Waals surface area contributed by atoms with Crippen molar-refractivity contribution in [2.24, 2.45) is 5.10 Å². The first-order valence-electron chi connectivity index (χ1n) is 4.83. The smallest absolute Gasteiger partial charge is 0.200 e. The summed E-state index contributed by atoms with van der Waals surface area (Å²) in [6.07, 6.45) is -4.66. The number of nitrogens with zero attached hydrogens (tertiary/aromatic N) is 1. The maximum absolute atomic E-state index is 12.1. The molecule has 100 valence electrons. The van der Waals surface area contributed by atoms with E-state index in [4.69, 9.17) is 0 Å². The second kappa shape index (κ2) is 4.97. The lowest BCUT2D eigenvalue weighted by Crippen LogP contribution is -2.26. The first kappa shape index (κ1) is 14.5. The fraction of sp³-hybridized carbons (Fsp3) is 0.300. The summed E-state index contributed by atoms with van der Waals surface area (Å²) >= 11 is 0. The average molecular weight is 280 g/mol. The van der Waals surface area contributed by atoms with Crippen LogP contribution in [0.2, 0.25) is 0 Å². The zero-order valence-corrected chi connectivity index (χ0v) is 10.4. The van der Waals surface area contributed by atoms with Crippen molar-refractivity contribution < 1.29 is 21.6 Å². The SMILES string of the molecule is CC(=NNS(=O)(=O)c1ccc(C)cc1)C(F)(F)F. The fourth-order valence-electron chi connectivity index (χ4n) is 0.962. The highest BCUT2D eigenvalue weighted by atomic mass is 32.2. The number of sulfonamides is 1. The van der Waals surface area contributed by atoms with Gasteiger partial charge in [-0.25, -0.2) is 0 Å². The summed E-state index contributed by atoms with van der Waals surface area (Å²) in [4.78, 5) is 1.39. The summed E-state index contributed by atoms with van der Waals surface area (Å²) in [6, 6.07) is 5.65. The van der Waals surface area contributed by atoms with E-state index in [1.165, 1.54) is 24.3 Å². The van der Waals surface area contributed by atoms with Crippen molar-refractivity contribution in [2.45, 2.75) is 24.9 Å². The topological polar surface area (TPSA) is 58.5 Å². The van der Waals surface area contributed by atoms with Crippen LogP contribution in [0.1, 0.15) is 12.5 Å². The van der Waals surface area contributed by atoms with Crippen LogP contribution >= 0.6 is 0 Å². The maximum Gasteiger partial charge on any atom is 0.430 e. The van der Waals surface area contributed by atoms with E-state index in [9.17, 15) is 21.6 Å². The van der Waals surface area contributed by atoms with Crippen LogP contribution in [0.15, 0.2) is 34.3 Å². The Balaban J connectivity index is 2.94. The second-order valence-electron chi connectivity index (χ2n) is 3.60. The summed E-state index contributed by atoms with van der Waals surface area (Å²) in [5.74, 6) is 0. The molecule has 0 bridgehead atoms. The standard InChI is InChI=1S/C10H11F3N2O2S/c1-7-3-5-9(6-4-7)18(16,17)15-14-8(2)10(11,12)13/h3-6,15H,1-2H3. The van der Waals surface area contributed by atoms with Gasteiger partial charge in [0.15, 0.2) is 0 Å². The van der Waals surface area contributed by atoms with Gasteiger partial charge >= 0.3 is 6.18 Å². The number of aryl methyl sites for hydroxylation is 1. The van der Waals surface area contributed by atoms with Crippen LogP contribution in [-0.4, -0.2) is 20.3 Å². The normalized spacial score (nSPS) is 13.5. The predicted octanol–water partition coefficient (Wildman–Crippen LogP) is 2.21. The molecule has 0 aliphatic carbocycles. The van der Waals surface area contributed by atoms with Crippen LogP contribution in [0, 0.1) is 6.92 Å². The van der Waals surface area contributed by atoms with Crippen LogP contribution < -0.4 is 4.83 Å². The third-order valence-electron chi connectivity index (χ3n) is 2.08. The summed E-state index contributed by atoms with van der Waals surface area (Å²) in [5.41, 5.74) is -0.429. The first-order valence-corrected chi connectivity index (χ1v) is 6.31. The van der Waals surface area contributed by atoms with E-state index in [1.807, 2.05) is 0 Å². The van der Waals surface area contributed by atoms with Crippen molar-refractivity contribution in [1.29, 1.82) is 0 Å². The molecule has 0 aliphatic heterocycles. The van der Waals surface area contributed by atoms with E-state index in [0.29, 0.717) is 6.92 Å². The van der Waals surface area contributed by atoms with Crippen molar-refractivity contribution in [1.82, 2.24) is 4.83 Å². The largest absolute Gasteiger partial charge is 0.430 e. The number of halogens is 3. The Morgan fingerprint density at radius 2 is 1.72 bits per heavy atom. The van der Waals surface area contributed by atoms with Crippen LogP contribution in [0.5, 0.6) is 0 Å². The van der Waals surface area contributed by atoms with Crippen molar-refractivity contribution in [3.8, 4) is 0 Å². The highest BCUT2D eigenvalue weighted by molar-refractivity contribution is 7.89. The lowest BCUT2D eigenvalue weighted by molar-refractivity contribution is -0.0594. The number of hydrazone groups is 1. The molecule has 18 heavy (non-hydrogen) atoms. The van der Waals surface area contributed by atoms with Gasteiger partial charge in [-0.3, -0.25) is 0 Å². The number of benzene rings is 1. The summed E-state index contributed by atoms with van der Waals surface area (Å²) < 4.78 is 59.5. The molecule has 1 rings (SSSR count). The molecule has 0 saturated carbocycles. The molecule has 1 aromatic rings. The van der Waals surface area contributed by atoms with Gasteiger partial charge in [0.1, 0.15) is 5.71 Å². The van der Waals surface area contributed by atoms with Gasteiger partial charge in [-0.1, -0.05) is 17.7 Å². The quantitative estimate of drug-likeness (QED) is 0.681. The average Bonchev–Trinajstić information content (AvgIpc) is 2.25. The molecule has 0 aliphatic rings. The fourth-order valence-corrected chi connectivity index (χ4v) is 1.82. The number of nitrogens with one attached hydrogen (secondary N) is 1. The highest BCUT2D eigenvalue weighted by Gasteiger charge is 2.32. The summed E-state index contributed by atoms with van der Waals surface area (Å²) in [7, 11) is -4.07. The van der Waals surface area contributed by atoms with Gasteiger partial charge < -0.3 is 0 Å². The molecule has 0 saturated heterocycles. The van der Waals surface area contributed by atoms with Crippen LogP contribution in [0.4, 0.5) is 13.2 Å². The molecule has 0 radical (unpaired) electrons. The highest BCUT2D eigenvalue weighted by Crippen LogP contribution is 2.17. The zero-order valence-electron chi connectivity index (χ0n) is 9.62. The first-order chi connectivity index (χ1) is 8.13. The van der Waals surface area contributed by atoms with Gasteiger partial charge in [-0.05, 0) is 26.0 Å². The molecule has 1 aromatic carbocycles. The van der Waals surface area contributed by atoms with Crippen LogP contribution in [0.25, 0.3) is 0 Å². The minimum absolute atomic E-state index is 0.146. The lowest BCUT2D eigenvalue weighted by atomic mass is 10.2.